The highest BCUT2D eigenvalue weighted by atomic mass is 14.4. The molecule has 1 aliphatic rings. The van der Waals surface area contributed by atoms with Gasteiger partial charge in [-0.15, -0.1) is 12.3 Å². The predicted octanol–water partition coefficient (Wildman–Crippen LogP) is 13.2. The number of rotatable bonds is 6. The Morgan fingerprint density at radius 3 is 1.76 bits per heavy atom. The highest BCUT2D eigenvalue weighted by molar-refractivity contribution is 5.68. The number of terminal acetylenes is 1. The van der Waals surface area contributed by atoms with E-state index in [0.717, 1.165) is 6.42 Å². The zero-order valence-corrected chi connectivity index (χ0v) is 29.1. The van der Waals surface area contributed by atoms with Crippen LogP contribution in [0.5, 0.6) is 0 Å². The molecule has 3 aromatic carbocycles. The summed E-state index contributed by atoms with van der Waals surface area (Å²) >= 11 is 0. The van der Waals surface area contributed by atoms with Crippen molar-refractivity contribution in [3.63, 3.8) is 0 Å². The van der Waals surface area contributed by atoms with Crippen LogP contribution in [0.1, 0.15) is 122 Å². The van der Waals surface area contributed by atoms with Crippen molar-refractivity contribution in [2.24, 2.45) is 0 Å². The molecular weight excluding hydrogens is 504 g/mol. The van der Waals surface area contributed by atoms with Crippen LogP contribution in [-0.2, 0) is 11.8 Å². The van der Waals surface area contributed by atoms with E-state index >= 15 is 0 Å². The van der Waals surface area contributed by atoms with Crippen molar-refractivity contribution in [2.45, 2.75) is 120 Å². The zero-order valence-electron chi connectivity index (χ0n) is 29.1. The van der Waals surface area contributed by atoms with Gasteiger partial charge in [-0.25, -0.2) is 0 Å². The van der Waals surface area contributed by atoms with E-state index in [0.29, 0.717) is 0 Å². The first kappa shape index (κ1) is 40.8. The molecule has 0 unspecified atom stereocenters. The van der Waals surface area contributed by atoms with Gasteiger partial charge in [0, 0.05) is 5.41 Å². The highest BCUT2D eigenvalue weighted by Crippen LogP contribution is 2.46. The van der Waals surface area contributed by atoms with Crippen LogP contribution in [0.3, 0.4) is 0 Å². The Morgan fingerprint density at radius 1 is 0.738 bits per heavy atom. The lowest BCUT2D eigenvalue weighted by Gasteiger charge is -2.39. The lowest BCUT2D eigenvalue weighted by molar-refractivity contribution is 0.346. The van der Waals surface area contributed by atoms with Crippen LogP contribution in [0, 0.1) is 26.2 Å². The van der Waals surface area contributed by atoms with E-state index in [2.05, 4.69) is 112 Å². The minimum atomic E-state index is 0.111. The van der Waals surface area contributed by atoms with Gasteiger partial charge in [-0.3, -0.25) is 0 Å². The third kappa shape index (κ3) is 12.3. The molecule has 0 saturated heterocycles. The molecule has 42 heavy (non-hydrogen) atoms. The van der Waals surface area contributed by atoms with E-state index in [4.69, 9.17) is 0 Å². The van der Waals surface area contributed by atoms with E-state index < -0.39 is 0 Å². The number of benzene rings is 3. The maximum absolute atomic E-state index is 4.60. The van der Waals surface area contributed by atoms with E-state index in [9.17, 15) is 0 Å². The van der Waals surface area contributed by atoms with Crippen molar-refractivity contribution < 1.29 is 0 Å². The lowest BCUT2D eigenvalue weighted by atomic mass is 9.64. The van der Waals surface area contributed by atoms with Crippen LogP contribution >= 0.6 is 0 Å². The largest absolute Gasteiger partial charge is 0.120 e. The first-order valence-corrected chi connectivity index (χ1v) is 16.5. The Bertz CT molecular complexity index is 1150. The van der Waals surface area contributed by atoms with E-state index in [1.165, 1.54) is 71.0 Å². The molecule has 0 amide bonds. The van der Waals surface area contributed by atoms with E-state index in [-0.39, 0.29) is 5.41 Å². The first-order chi connectivity index (χ1) is 20.6. The lowest BCUT2D eigenvalue weighted by Crippen LogP contribution is -2.30. The second kappa shape index (κ2) is 25.4. The van der Waals surface area contributed by atoms with Gasteiger partial charge in [-0.1, -0.05) is 160 Å². The molecule has 0 aliphatic heterocycles. The maximum atomic E-state index is 4.60. The van der Waals surface area contributed by atoms with Gasteiger partial charge < -0.3 is 0 Å². The second-order valence-electron chi connectivity index (χ2n) is 9.34. The highest BCUT2D eigenvalue weighted by Gasteiger charge is 2.36. The molecule has 4 rings (SSSR count). The third-order valence-electron chi connectivity index (χ3n) is 7.09. The summed E-state index contributed by atoms with van der Waals surface area (Å²) in [4.78, 5) is 0. The Morgan fingerprint density at radius 2 is 1.24 bits per heavy atom. The predicted molar refractivity (Wildman–Crippen MR) is 195 cm³/mol. The Balaban J connectivity index is 0. The van der Waals surface area contributed by atoms with Crippen molar-refractivity contribution >= 4 is 0 Å². The molecule has 0 heterocycles. The molecule has 1 saturated carbocycles. The Hall–Kier alpha value is -3.30. The molecule has 0 heteroatoms. The standard InChI is InChI=1S/C31H34.C3H4.4C2H6/c1-4-5-8-15-27-22-28(18-16-24(27)2)31(20-11-7-12-21-31)29-19-17-25(3)30(23-29)26-13-9-6-10-14-26;1-3-2;4*1-2/h4-6,8-10,13-14,16-19,22-23H,1,7,11-12,15,20-21H2,2-3H3;1H,2H3;4*1-2H3/b8-5-;;;;;. The van der Waals surface area contributed by atoms with E-state index in [1.54, 1.807) is 6.92 Å². The minimum absolute atomic E-state index is 0.111. The Labute approximate surface area is 262 Å². The Kier molecular flexibility index (Phi) is 24.7. The van der Waals surface area contributed by atoms with Crippen molar-refractivity contribution in [3.05, 3.63) is 119 Å². The normalized spacial score (nSPS) is 12.4. The molecular formula is C42H62. The molecule has 0 spiro atoms. The molecule has 0 nitrogen and oxygen atoms in total. The monoisotopic (exact) mass is 566 g/mol. The molecule has 0 aromatic heterocycles. The van der Waals surface area contributed by atoms with Crippen molar-refractivity contribution in [3.8, 4) is 23.5 Å². The summed E-state index contributed by atoms with van der Waals surface area (Å²) in [7, 11) is 0. The van der Waals surface area contributed by atoms with Crippen LogP contribution in [0.4, 0.5) is 0 Å². The van der Waals surface area contributed by atoms with Gasteiger partial charge in [0.15, 0.2) is 0 Å². The van der Waals surface area contributed by atoms with Crippen LogP contribution in [0.25, 0.3) is 11.1 Å². The quantitative estimate of drug-likeness (QED) is 0.206. The van der Waals surface area contributed by atoms with Crippen LogP contribution < -0.4 is 0 Å². The minimum Gasteiger partial charge on any atom is -0.120 e. The molecule has 1 fully saturated rings. The summed E-state index contributed by atoms with van der Waals surface area (Å²) in [5.41, 5.74) is 9.90. The molecule has 1 aliphatic carbocycles. The summed E-state index contributed by atoms with van der Waals surface area (Å²) < 4.78 is 0. The van der Waals surface area contributed by atoms with Gasteiger partial charge >= 0.3 is 0 Å². The number of hydrogen-bond acceptors (Lipinski definition) is 0. The van der Waals surface area contributed by atoms with Crippen molar-refractivity contribution in [1.29, 1.82) is 0 Å². The number of allylic oxidation sites excluding steroid dienone is 3. The van der Waals surface area contributed by atoms with Gasteiger partial charge in [0.1, 0.15) is 0 Å². The number of hydrogen-bond donors (Lipinski definition) is 0. The van der Waals surface area contributed by atoms with Gasteiger partial charge in [-0.05, 0) is 85.0 Å². The smallest absolute Gasteiger partial charge is 0.0203 e. The molecule has 3 aromatic rings. The summed E-state index contributed by atoms with van der Waals surface area (Å²) in [6, 6.07) is 25.2. The molecule has 0 atom stereocenters. The van der Waals surface area contributed by atoms with Gasteiger partial charge in [0.05, 0.1) is 0 Å². The molecule has 0 radical (unpaired) electrons. The maximum Gasteiger partial charge on any atom is 0.0203 e. The van der Waals surface area contributed by atoms with E-state index in [1.807, 2.05) is 61.5 Å². The second-order valence-corrected chi connectivity index (χ2v) is 9.34. The third-order valence-corrected chi connectivity index (χ3v) is 7.09. The topological polar surface area (TPSA) is 0 Å². The van der Waals surface area contributed by atoms with Crippen LogP contribution in [0.15, 0.2) is 91.5 Å². The summed E-state index contributed by atoms with van der Waals surface area (Å²) in [6.07, 6.45) is 18.1. The summed E-state index contributed by atoms with van der Waals surface area (Å²) in [6.45, 7) is 25.9. The molecule has 0 bridgehead atoms. The number of aryl methyl sites for hydroxylation is 2. The first-order valence-electron chi connectivity index (χ1n) is 16.5. The van der Waals surface area contributed by atoms with Crippen LogP contribution in [0.2, 0.25) is 0 Å². The average Bonchev–Trinajstić information content (AvgIpc) is 3.07. The van der Waals surface area contributed by atoms with Crippen molar-refractivity contribution in [1.82, 2.24) is 0 Å². The van der Waals surface area contributed by atoms with Gasteiger partial charge in [-0.2, -0.15) is 0 Å². The van der Waals surface area contributed by atoms with Gasteiger partial charge in [0.2, 0.25) is 0 Å². The fourth-order valence-corrected chi connectivity index (χ4v) is 5.23. The van der Waals surface area contributed by atoms with Crippen LogP contribution in [-0.4, -0.2) is 0 Å². The van der Waals surface area contributed by atoms with Crippen molar-refractivity contribution in [2.75, 3.05) is 0 Å². The SMILES string of the molecule is C#CC.C=C/C=C\Cc1cc(C2(c3ccc(C)c(-c4ccccc4)c3)CCCCC2)ccc1C.CC.CC.CC.CC. The van der Waals surface area contributed by atoms with Gasteiger partial charge in [0.25, 0.3) is 0 Å². The average molecular weight is 567 g/mol. The summed E-state index contributed by atoms with van der Waals surface area (Å²) in [5.74, 6) is 2.25. The summed E-state index contributed by atoms with van der Waals surface area (Å²) in [5, 5.41) is 0. The molecule has 0 N–H and O–H groups in total. The fourth-order valence-electron chi connectivity index (χ4n) is 5.23. The fraction of sp³-hybridized carbons (Fsp3) is 0.429. The molecule has 230 valence electrons. The zero-order chi connectivity index (χ0) is 32.4.